The molecule has 1 atom stereocenters. The third kappa shape index (κ3) is 1.78. The van der Waals surface area contributed by atoms with Crippen LogP contribution >= 0.6 is 0 Å². The molecule has 4 nitrogen and oxygen atoms in total. The Morgan fingerprint density at radius 2 is 2.12 bits per heavy atom. The predicted molar refractivity (Wildman–Crippen MR) is 19.1 cm³/mol. The highest BCUT2D eigenvalue weighted by atomic mass is 32.2. The zero-order valence-corrected chi connectivity index (χ0v) is 4.28. The molecule has 0 fully saturated rings. The lowest BCUT2D eigenvalue weighted by Crippen LogP contribution is -2.29. The van der Waals surface area contributed by atoms with Crippen molar-refractivity contribution in [3.8, 4) is 0 Å². The molecule has 0 aliphatic carbocycles. The van der Waals surface area contributed by atoms with E-state index in [1.165, 1.54) is 0 Å². The SMILES string of the molecule is NOC(F)(F)S(=O)[O-]. The molecule has 8 heavy (non-hydrogen) atoms. The van der Waals surface area contributed by atoms with Crippen LogP contribution in [0.4, 0.5) is 8.78 Å². The van der Waals surface area contributed by atoms with Crippen molar-refractivity contribution in [3.63, 3.8) is 0 Å². The van der Waals surface area contributed by atoms with Gasteiger partial charge in [-0.1, -0.05) is 0 Å². The molecule has 0 rings (SSSR count). The molecule has 0 aliphatic heterocycles. The van der Waals surface area contributed by atoms with Crippen LogP contribution in [0.3, 0.4) is 0 Å². The van der Waals surface area contributed by atoms with E-state index in [0.29, 0.717) is 0 Å². The molecule has 0 saturated heterocycles. The average molecular weight is 146 g/mol. The van der Waals surface area contributed by atoms with Gasteiger partial charge in [-0.05, 0) is 0 Å². The first kappa shape index (κ1) is 7.89. The molecule has 0 aliphatic rings. The van der Waals surface area contributed by atoms with E-state index in [4.69, 9.17) is 0 Å². The van der Waals surface area contributed by atoms with E-state index in [9.17, 15) is 17.5 Å². The zero-order chi connectivity index (χ0) is 6.78. The fraction of sp³-hybridized carbons (Fsp3) is 1.00. The first-order valence-electron chi connectivity index (χ1n) is 1.36. The van der Waals surface area contributed by atoms with Crippen LogP contribution in [0.5, 0.6) is 0 Å². The maximum absolute atomic E-state index is 11.3. The van der Waals surface area contributed by atoms with E-state index in [-0.39, 0.29) is 0 Å². The fourth-order valence-electron chi connectivity index (χ4n) is 0.0393. The van der Waals surface area contributed by atoms with Gasteiger partial charge in [0, 0.05) is 11.1 Å². The Hall–Kier alpha value is -0.110. The van der Waals surface area contributed by atoms with Crippen LogP contribution < -0.4 is 5.90 Å². The van der Waals surface area contributed by atoms with Gasteiger partial charge in [0.2, 0.25) is 0 Å². The minimum Gasteiger partial charge on any atom is -0.766 e. The van der Waals surface area contributed by atoms with E-state index in [1.54, 1.807) is 0 Å². The molecule has 0 saturated carbocycles. The molecule has 7 heteroatoms. The summed E-state index contributed by atoms with van der Waals surface area (Å²) < 4.78 is 41.2. The van der Waals surface area contributed by atoms with Crippen LogP contribution in [0.15, 0.2) is 0 Å². The molecule has 1 unspecified atom stereocenters. The Morgan fingerprint density at radius 3 is 2.12 bits per heavy atom. The number of hydrogen-bond donors (Lipinski definition) is 1. The number of hydrogen-bond acceptors (Lipinski definition) is 4. The number of halogens is 2. The largest absolute Gasteiger partial charge is 0.766 e. The monoisotopic (exact) mass is 146 g/mol. The summed E-state index contributed by atoms with van der Waals surface area (Å²) in [4.78, 5) is 2.75. The molecule has 50 valence electrons. The van der Waals surface area contributed by atoms with Gasteiger partial charge in [0.1, 0.15) is 0 Å². The van der Waals surface area contributed by atoms with Gasteiger partial charge in [-0.3, -0.25) is 4.21 Å². The molecule has 0 aromatic rings. The Bertz CT molecular complexity index is 105. The second-order valence-electron chi connectivity index (χ2n) is 0.816. The highest BCUT2D eigenvalue weighted by Crippen LogP contribution is 2.14. The summed E-state index contributed by atoms with van der Waals surface area (Å²) in [5, 5.41) is 0. The molecule has 0 amide bonds. The number of alkyl halides is 2. The van der Waals surface area contributed by atoms with Crippen LogP contribution in [0.1, 0.15) is 0 Å². The van der Waals surface area contributed by atoms with E-state index in [1.807, 2.05) is 0 Å². The van der Waals surface area contributed by atoms with Crippen LogP contribution in [0.25, 0.3) is 0 Å². The second-order valence-corrected chi connectivity index (χ2v) is 1.76. The Labute approximate surface area is 45.9 Å². The topological polar surface area (TPSA) is 75.4 Å². The first-order valence-corrected chi connectivity index (χ1v) is 2.43. The van der Waals surface area contributed by atoms with Gasteiger partial charge < -0.3 is 4.55 Å². The summed E-state index contributed by atoms with van der Waals surface area (Å²) in [7, 11) is 0. The van der Waals surface area contributed by atoms with Crippen LogP contribution in [0, 0.1) is 0 Å². The van der Waals surface area contributed by atoms with Gasteiger partial charge in [-0.2, -0.15) is 8.78 Å². The van der Waals surface area contributed by atoms with E-state index >= 15 is 0 Å². The summed E-state index contributed by atoms with van der Waals surface area (Å²) in [6, 6.07) is 0. The minimum absolute atomic E-state index is 2.75. The van der Waals surface area contributed by atoms with Crippen molar-refractivity contribution in [3.05, 3.63) is 0 Å². The second kappa shape index (κ2) is 2.44. The number of rotatable bonds is 2. The average Bonchev–Trinajstić information content (AvgIpc) is 1.67. The molecule has 0 heterocycles. The van der Waals surface area contributed by atoms with Gasteiger partial charge in [-0.25, -0.2) is 10.7 Å². The summed E-state index contributed by atoms with van der Waals surface area (Å²) >= 11 is -3.61. The highest BCUT2D eigenvalue weighted by molar-refractivity contribution is 7.80. The van der Waals surface area contributed by atoms with Crippen LogP contribution in [-0.4, -0.2) is 14.2 Å². The van der Waals surface area contributed by atoms with E-state index < -0.39 is 16.5 Å². The third-order valence-electron chi connectivity index (χ3n) is 0.331. The summed E-state index contributed by atoms with van der Waals surface area (Å²) in [5.41, 5.74) is -4.26. The minimum atomic E-state index is -4.26. The summed E-state index contributed by atoms with van der Waals surface area (Å²) in [6.07, 6.45) is 0. The van der Waals surface area contributed by atoms with Crippen molar-refractivity contribution in [1.82, 2.24) is 0 Å². The predicted octanol–water partition coefficient (Wildman–Crippen LogP) is -0.694. The Morgan fingerprint density at radius 1 is 1.75 bits per heavy atom. The molecular weight excluding hydrogens is 144 g/mol. The molecule has 0 aromatic carbocycles. The smallest absolute Gasteiger partial charge is 0.439 e. The van der Waals surface area contributed by atoms with E-state index in [2.05, 4.69) is 10.7 Å². The molecular formula is CH2F2NO3S-. The van der Waals surface area contributed by atoms with Gasteiger partial charge in [0.25, 0.3) is 0 Å². The summed E-state index contributed by atoms with van der Waals surface area (Å²) in [5.74, 6) is 3.86. The molecule has 0 spiro atoms. The van der Waals surface area contributed by atoms with Crippen molar-refractivity contribution in [2.24, 2.45) is 5.90 Å². The lowest BCUT2D eigenvalue weighted by atomic mass is 11.5. The van der Waals surface area contributed by atoms with Crippen LogP contribution in [-0.2, 0) is 15.9 Å². The summed E-state index contributed by atoms with van der Waals surface area (Å²) in [6.45, 7) is 0. The third-order valence-corrected chi connectivity index (χ3v) is 0.816. The Balaban J connectivity index is 3.91. The fourth-order valence-corrected chi connectivity index (χ4v) is 0.118. The van der Waals surface area contributed by atoms with Gasteiger partial charge >= 0.3 is 5.44 Å². The van der Waals surface area contributed by atoms with Crippen LogP contribution in [0.2, 0.25) is 0 Å². The standard InChI is InChI=1S/CH3F2NO3S/c2-1(3,7-4)8(5)6/h4H2,(H,5,6)/p-1. The maximum Gasteiger partial charge on any atom is 0.439 e. The molecule has 0 aromatic heterocycles. The molecule has 2 N–H and O–H groups in total. The van der Waals surface area contributed by atoms with Gasteiger partial charge in [0.15, 0.2) is 0 Å². The van der Waals surface area contributed by atoms with Crippen molar-refractivity contribution in [1.29, 1.82) is 0 Å². The van der Waals surface area contributed by atoms with Crippen molar-refractivity contribution in [2.75, 3.05) is 0 Å². The zero-order valence-electron chi connectivity index (χ0n) is 3.47. The van der Waals surface area contributed by atoms with E-state index in [0.717, 1.165) is 0 Å². The lowest BCUT2D eigenvalue weighted by molar-refractivity contribution is -0.173. The van der Waals surface area contributed by atoms with Crippen molar-refractivity contribution in [2.45, 2.75) is 5.44 Å². The highest BCUT2D eigenvalue weighted by Gasteiger charge is 2.30. The molecule has 0 radical (unpaired) electrons. The molecule has 0 bridgehead atoms. The normalized spacial score (nSPS) is 16.0. The first-order chi connectivity index (χ1) is 3.50. The Kier molecular flexibility index (Phi) is 2.41. The van der Waals surface area contributed by atoms with Gasteiger partial charge in [-0.15, -0.1) is 0 Å². The maximum atomic E-state index is 11.3. The van der Waals surface area contributed by atoms with Gasteiger partial charge in [0.05, 0.1) is 0 Å². The number of nitrogens with two attached hydrogens (primary N) is 1. The quantitative estimate of drug-likeness (QED) is 0.413. The van der Waals surface area contributed by atoms with Crippen molar-refractivity contribution >= 4 is 11.1 Å². The lowest BCUT2D eigenvalue weighted by Gasteiger charge is -2.13. The van der Waals surface area contributed by atoms with Crippen molar-refractivity contribution < 1.29 is 22.4 Å².